The van der Waals surface area contributed by atoms with E-state index in [2.05, 4.69) is 9.73 Å². The molecule has 3 aromatic rings. The Morgan fingerprint density at radius 1 is 1.21 bits per heavy atom. The van der Waals surface area contributed by atoms with Gasteiger partial charge in [0.25, 0.3) is 5.56 Å². The highest BCUT2D eigenvalue weighted by Gasteiger charge is 2.33. The van der Waals surface area contributed by atoms with Crippen LogP contribution in [0.2, 0.25) is 0 Å². The Kier molecular flexibility index (Phi) is 6.69. The third-order valence-corrected chi connectivity index (χ3v) is 6.11. The molecule has 0 bridgehead atoms. The number of allylic oxidation sites excluding steroid dienone is 1. The standard InChI is InChI=1S/C24H19F3N2O4S/c1-3-32-22(31)19-13(2)28-24-29(20(19)14-8-10-16(25)11-9-14)21(30)18(34-24)12-15-6-4-5-7-17(15)33-23(26)27/h4-12,20,23H,3H2,1-2H3/t20-/m1/s1. The van der Waals surface area contributed by atoms with Crippen molar-refractivity contribution >= 4 is 23.4 Å². The number of halogens is 3. The molecule has 0 amide bonds. The minimum atomic E-state index is -3.02. The predicted molar refractivity (Wildman–Crippen MR) is 120 cm³/mol. The molecule has 34 heavy (non-hydrogen) atoms. The molecule has 1 aromatic heterocycles. The van der Waals surface area contributed by atoms with E-state index in [0.29, 0.717) is 16.1 Å². The second kappa shape index (κ2) is 9.68. The summed E-state index contributed by atoms with van der Waals surface area (Å²) in [5.74, 6) is -1.19. The summed E-state index contributed by atoms with van der Waals surface area (Å²) >= 11 is 1.04. The molecule has 0 aliphatic carbocycles. The lowest BCUT2D eigenvalue weighted by Gasteiger charge is -2.24. The molecule has 0 saturated heterocycles. The lowest BCUT2D eigenvalue weighted by atomic mass is 9.96. The highest BCUT2D eigenvalue weighted by Crippen LogP contribution is 2.31. The molecule has 2 heterocycles. The first-order chi connectivity index (χ1) is 16.3. The van der Waals surface area contributed by atoms with Gasteiger partial charge in [0.1, 0.15) is 11.6 Å². The Hall–Kier alpha value is -3.66. The molecule has 4 rings (SSSR count). The smallest absolute Gasteiger partial charge is 0.387 e. The molecule has 176 valence electrons. The average molecular weight is 488 g/mol. The first-order valence-corrected chi connectivity index (χ1v) is 11.1. The summed E-state index contributed by atoms with van der Waals surface area (Å²) in [6.07, 6.45) is 1.44. The van der Waals surface area contributed by atoms with Gasteiger partial charge in [-0.25, -0.2) is 14.2 Å². The Balaban J connectivity index is 1.93. The number of fused-ring (bicyclic) bond motifs is 1. The van der Waals surface area contributed by atoms with Crippen molar-refractivity contribution in [2.45, 2.75) is 26.5 Å². The first kappa shape index (κ1) is 23.5. The van der Waals surface area contributed by atoms with E-state index in [1.165, 1.54) is 41.0 Å². The number of para-hydroxylation sites is 1. The molecule has 0 radical (unpaired) electrons. The lowest BCUT2D eigenvalue weighted by molar-refractivity contribution is -0.139. The fourth-order valence-corrected chi connectivity index (χ4v) is 4.73. The molecule has 1 atom stereocenters. The minimum Gasteiger partial charge on any atom is -0.463 e. The summed E-state index contributed by atoms with van der Waals surface area (Å²) in [4.78, 5) is 31.0. The van der Waals surface area contributed by atoms with Gasteiger partial charge in [0.15, 0.2) is 4.80 Å². The van der Waals surface area contributed by atoms with Crippen molar-refractivity contribution in [1.29, 1.82) is 0 Å². The number of ether oxygens (including phenoxy) is 2. The van der Waals surface area contributed by atoms with Crippen molar-refractivity contribution < 1.29 is 27.4 Å². The second-order valence-electron chi connectivity index (χ2n) is 7.27. The molecule has 1 aliphatic rings. The van der Waals surface area contributed by atoms with Crippen molar-refractivity contribution in [2.24, 2.45) is 4.99 Å². The Morgan fingerprint density at radius 2 is 1.91 bits per heavy atom. The highest BCUT2D eigenvalue weighted by molar-refractivity contribution is 7.07. The second-order valence-corrected chi connectivity index (χ2v) is 8.28. The van der Waals surface area contributed by atoms with E-state index in [-0.39, 0.29) is 28.0 Å². The van der Waals surface area contributed by atoms with Crippen LogP contribution in [0.1, 0.15) is 31.0 Å². The van der Waals surface area contributed by atoms with Gasteiger partial charge in [0.2, 0.25) is 0 Å². The largest absolute Gasteiger partial charge is 0.463 e. The van der Waals surface area contributed by atoms with Gasteiger partial charge >= 0.3 is 12.6 Å². The molecule has 0 spiro atoms. The van der Waals surface area contributed by atoms with E-state index in [0.717, 1.165) is 11.3 Å². The van der Waals surface area contributed by atoms with Crippen LogP contribution < -0.4 is 19.6 Å². The molecule has 0 saturated carbocycles. The van der Waals surface area contributed by atoms with E-state index < -0.39 is 30.0 Å². The highest BCUT2D eigenvalue weighted by atomic mass is 32.1. The molecule has 0 fully saturated rings. The van der Waals surface area contributed by atoms with E-state index >= 15 is 0 Å². The number of esters is 1. The van der Waals surface area contributed by atoms with Crippen LogP contribution in [0.4, 0.5) is 13.2 Å². The van der Waals surface area contributed by atoms with Gasteiger partial charge < -0.3 is 9.47 Å². The maximum absolute atomic E-state index is 13.6. The van der Waals surface area contributed by atoms with Crippen molar-refractivity contribution in [1.82, 2.24) is 4.57 Å². The molecular formula is C24H19F3N2O4S. The number of carbonyl (C=O) groups is 1. The number of hydrogen-bond donors (Lipinski definition) is 0. The molecule has 2 aromatic carbocycles. The zero-order valence-corrected chi connectivity index (χ0v) is 18.9. The van der Waals surface area contributed by atoms with Crippen molar-refractivity contribution in [3.05, 3.63) is 96.4 Å². The van der Waals surface area contributed by atoms with Crippen LogP contribution in [0.3, 0.4) is 0 Å². The van der Waals surface area contributed by atoms with E-state index in [1.54, 1.807) is 32.0 Å². The summed E-state index contributed by atoms with van der Waals surface area (Å²) in [6.45, 7) is 0.390. The summed E-state index contributed by atoms with van der Waals surface area (Å²) in [6, 6.07) is 10.6. The first-order valence-electron chi connectivity index (χ1n) is 10.3. The van der Waals surface area contributed by atoms with E-state index in [9.17, 15) is 22.8 Å². The van der Waals surface area contributed by atoms with Crippen LogP contribution in [-0.2, 0) is 9.53 Å². The molecule has 6 nitrogen and oxygen atoms in total. The van der Waals surface area contributed by atoms with Crippen LogP contribution >= 0.6 is 11.3 Å². The van der Waals surface area contributed by atoms with Gasteiger partial charge in [-0.15, -0.1) is 0 Å². The lowest BCUT2D eigenvalue weighted by Crippen LogP contribution is -2.39. The zero-order valence-electron chi connectivity index (χ0n) is 18.1. The molecule has 1 aliphatic heterocycles. The number of nitrogens with zero attached hydrogens (tertiary/aromatic N) is 2. The fraction of sp³-hybridized carbons (Fsp3) is 0.208. The topological polar surface area (TPSA) is 69.9 Å². The average Bonchev–Trinajstić information content (AvgIpc) is 3.09. The van der Waals surface area contributed by atoms with Gasteiger partial charge in [0, 0.05) is 5.56 Å². The van der Waals surface area contributed by atoms with Crippen molar-refractivity contribution in [2.75, 3.05) is 6.61 Å². The summed E-state index contributed by atoms with van der Waals surface area (Å²) in [7, 11) is 0. The van der Waals surface area contributed by atoms with Crippen LogP contribution in [-0.4, -0.2) is 23.8 Å². The predicted octanol–water partition coefficient (Wildman–Crippen LogP) is 3.54. The third-order valence-electron chi connectivity index (χ3n) is 5.12. The van der Waals surface area contributed by atoms with Gasteiger partial charge in [-0.1, -0.05) is 41.7 Å². The Morgan fingerprint density at radius 3 is 2.59 bits per heavy atom. The van der Waals surface area contributed by atoms with Crippen LogP contribution in [0.25, 0.3) is 6.08 Å². The number of hydrogen-bond acceptors (Lipinski definition) is 6. The summed E-state index contributed by atoms with van der Waals surface area (Å²) in [5.41, 5.74) is 0.815. The Labute approximate surface area is 195 Å². The van der Waals surface area contributed by atoms with Crippen molar-refractivity contribution in [3.8, 4) is 5.75 Å². The zero-order chi connectivity index (χ0) is 24.4. The minimum absolute atomic E-state index is 0.0817. The van der Waals surface area contributed by atoms with Gasteiger partial charge in [0.05, 0.1) is 28.5 Å². The normalized spacial score (nSPS) is 15.8. The van der Waals surface area contributed by atoms with E-state index in [4.69, 9.17) is 4.74 Å². The number of aromatic nitrogens is 1. The summed E-state index contributed by atoms with van der Waals surface area (Å²) < 4.78 is 50.5. The number of thiazole rings is 1. The number of alkyl halides is 2. The SMILES string of the molecule is CCOC(=O)C1=C(C)N=c2sc(=Cc3ccccc3OC(F)F)c(=O)n2[C@@H]1c1ccc(F)cc1. The van der Waals surface area contributed by atoms with Gasteiger partial charge in [-0.3, -0.25) is 9.36 Å². The van der Waals surface area contributed by atoms with Crippen LogP contribution in [0.15, 0.2) is 69.6 Å². The van der Waals surface area contributed by atoms with Crippen molar-refractivity contribution in [3.63, 3.8) is 0 Å². The maximum atomic E-state index is 13.6. The summed E-state index contributed by atoms with van der Waals surface area (Å²) in [5, 5.41) is 0. The number of carbonyl (C=O) groups excluding carboxylic acids is 1. The van der Waals surface area contributed by atoms with Crippen LogP contribution in [0, 0.1) is 5.82 Å². The van der Waals surface area contributed by atoms with Gasteiger partial charge in [-0.05, 0) is 43.7 Å². The van der Waals surface area contributed by atoms with Gasteiger partial charge in [-0.2, -0.15) is 8.78 Å². The molecule has 0 N–H and O–H groups in total. The number of rotatable bonds is 6. The number of benzene rings is 2. The molecular weight excluding hydrogens is 469 g/mol. The molecule has 0 unspecified atom stereocenters. The Bertz CT molecular complexity index is 1440. The van der Waals surface area contributed by atoms with E-state index in [1.807, 2.05) is 0 Å². The quantitative estimate of drug-likeness (QED) is 0.498. The monoisotopic (exact) mass is 488 g/mol. The van der Waals surface area contributed by atoms with Crippen LogP contribution in [0.5, 0.6) is 5.75 Å². The fourth-order valence-electron chi connectivity index (χ4n) is 3.70. The molecule has 10 heteroatoms. The maximum Gasteiger partial charge on any atom is 0.387 e. The third kappa shape index (κ3) is 4.54.